The lowest BCUT2D eigenvalue weighted by Gasteiger charge is -2.33. The van der Waals surface area contributed by atoms with E-state index in [4.69, 9.17) is 9.84 Å². The van der Waals surface area contributed by atoms with Gasteiger partial charge in [-0.3, -0.25) is 15.0 Å². The topological polar surface area (TPSA) is 178 Å². The maximum absolute atomic E-state index is 14.2. The van der Waals surface area contributed by atoms with E-state index in [0.29, 0.717) is 0 Å². The average molecular weight is 855 g/mol. The SMILES string of the molecule is CC(C)(C)[C@H](NC(=O)O)C(=O)NNC[C@H](O)[C@H](Cc1ccc(I)cc1)NC(=O)[C@@H](NC(=O)OCCc1c(F)cc(Br)cc1F)C(C)(C)C. The van der Waals surface area contributed by atoms with Crippen LogP contribution in [0.15, 0.2) is 40.9 Å². The molecule has 0 unspecified atom stereocenters. The molecule has 2 aromatic carbocycles. The van der Waals surface area contributed by atoms with E-state index in [1.807, 2.05) is 24.3 Å². The molecule has 2 rings (SSSR count). The number of rotatable bonds is 14. The number of carbonyl (C=O) groups is 4. The van der Waals surface area contributed by atoms with Crippen LogP contribution in [0, 0.1) is 26.0 Å². The minimum absolute atomic E-state index is 0.177. The number of ether oxygens (including phenoxy) is 1. The van der Waals surface area contributed by atoms with E-state index >= 15 is 0 Å². The van der Waals surface area contributed by atoms with E-state index in [9.17, 15) is 33.1 Å². The lowest BCUT2D eigenvalue weighted by atomic mass is 9.85. The van der Waals surface area contributed by atoms with Crippen LogP contribution in [0.1, 0.15) is 52.7 Å². The third-order valence-corrected chi connectivity index (χ3v) is 8.34. The number of alkyl carbamates (subject to hydrolysis) is 1. The number of hydrazine groups is 1. The molecule has 0 saturated carbocycles. The van der Waals surface area contributed by atoms with Gasteiger partial charge in [-0.25, -0.2) is 23.8 Å². The average Bonchev–Trinajstić information content (AvgIpc) is 2.95. The molecule has 0 saturated heterocycles. The van der Waals surface area contributed by atoms with Crippen molar-refractivity contribution in [3.05, 3.63) is 67.2 Å². The molecule has 7 N–H and O–H groups in total. The highest BCUT2D eigenvalue weighted by Crippen LogP contribution is 2.22. The number of hydrogen-bond acceptors (Lipinski definition) is 7. The Morgan fingerprint density at radius 1 is 0.896 bits per heavy atom. The first kappa shape index (κ1) is 41.1. The summed E-state index contributed by atoms with van der Waals surface area (Å²) in [7, 11) is 0. The molecule has 0 aliphatic heterocycles. The zero-order valence-electron chi connectivity index (χ0n) is 27.5. The zero-order chi connectivity index (χ0) is 36.4. The Hall–Kier alpha value is -3.09. The largest absolute Gasteiger partial charge is 0.465 e. The summed E-state index contributed by atoms with van der Waals surface area (Å²) in [5.74, 6) is -2.90. The molecule has 0 aromatic heterocycles. The van der Waals surface area contributed by atoms with Crippen molar-refractivity contribution in [1.82, 2.24) is 26.8 Å². The summed E-state index contributed by atoms with van der Waals surface area (Å²) in [5.41, 5.74) is 3.97. The molecule has 0 aliphatic carbocycles. The van der Waals surface area contributed by atoms with Gasteiger partial charge in [-0.15, -0.1) is 0 Å². The third kappa shape index (κ3) is 13.4. The summed E-state index contributed by atoms with van der Waals surface area (Å²) < 4.78 is 34.7. The summed E-state index contributed by atoms with van der Waals surface area (Å²) in [5, 5.41) is 27.8. The molecule has 0 heterocycles. The monoisotopic (exact) mass is 853 g/mol. The summed E-state index contributed by atoms with van der Waals surface area (Å²) >= 11 is 5.16. The molecule has 16 heteroatoms. The van der Waals surface area contributed by atoms with Crippen molar-refractivity contribution in [1.29, 1.82) is 0 Å². The van der Waals surface area contributed by atoms with Gasteiger partial charge in [0.1, 0.15) is 23.7 Å². The van der Waals surface area contributed by atoms with Crippen LogP contribution in [0.25, 0.3) is 0 Å². The molecule has 12 nitrogen and oxygen atoms in total. The fourth-order valence-electron chi connectivity index (χ4n) is 4.57. The van der Waals surface area contributed by atoms with Gasteiger partial charge >= 0.3 is 12.2 Å². The standard InChI is InChI=1S/C32H43BrF2IN5O7/c1-31(2,3)25(40-30(47)48-12-11-20-21(34)14-18(33)15-22(20)35)27(43)38-23(13-17-7-9-19(36)10-8-17)24(42)16-37-41-28(44)26(32(4,5)6)39-29(45)46/h7-10,14-15,23-26,37,39,42H,11-13,16H2,1-6H3,(H,38,43)(H,40,47)(H,41,44)(H,45,46)/t23-,24-,25+,26+/m0/s1. The van der Waals surface area contributed by atoms with Crippen LogP contribution < -0.4 is 26.8 Å². The van der Waals surface area contributed by atoms with Gasteiger partial charge in [0.25, 0.3) is 5.91 Å². The van der Waals surface area contributed by atoms with E-state index in [-0.39, 0.29) is 36.0 Å². The lowest BCUT2D eigenvalue weighted by Crippen LogP contribution is -2.60. The Morgan fingerprint density at radius 3 is 1.96 bits per heavy atom. The smallest absolute Gasteiger partial charge is 0.407 e. The Balaban J connectivity index is 2.14. The molecule has 2 aromatic rings. The van der Waals surface area contributed by atoms with Crippen LogP contribution in [0.3, 0.4) is 0 Å². The van der Waals surface area contributed by atoms with E-state index < -0.39 is 70.7 Å². The molecule has 0 bridgehead atoms. The maximum Gasteiger partial charge on any atom is 0.407 e. The van der Waals surface area contributed by atoms with Gasteiger partial charge in [0.05, 0.1) is 18.8 Å². The molecule has 48 heavy (non-hydrogen) atoms. The Kier molecular flexibility index (Phi) is 15.5. The summed E-state index contributed by atoms with van der Waals surface area (Å²) in [6, 6.07) is 6.43. The Morgan fingerprint density at radius 2 is 1.44 bits per heavy atom. The zero-order valence-corrected chi connectivity index (χ0v) is 31.3. The second kappa shape index (κ2) is 18.1. The number of amides is 4. The second-order valence-corrected chi connectivity index (χ2v) is 15.5. The van der Waals surface area contributed by atoms with Crippen molar-refractivity contribution >= 4 is 62.5 Å². The summed E-state index contributed by atoms with van der Waals surface area (Å²) in [6.45, 7) is 9.60. The van der Waals surface area contributed by atoms with E-state index in [1.54, 1.807) is 41.5 Å². The molecule has 0 spiro atoms. The van der Waals surface area contributed by atoms with Crippen LogP contribution >= 0.6 is 38.5 Å². The predicted molar refractivity (Wildman–Crippen MR) is 187 cm³/mol. The van der Waals surface area contributed by atoms with Crippen molar-refractivity contribution in [3.8, 4) is 0 Å². The normalized spacial score (nSPS) is 14.2. The molecule has 4 atom stereocenters. The van der Waals surface area contributed by atoms with Crippen molar-refractivity contribution in [2.75, 3.05) is 13.2 Å². The number of nitrogens with one attached hydrogen (secondary N) is 5. The highest BCUT2D eigenvalue weighted by Gasteiger charge is 2.36. The fraction of sp³-hybridized carbons (Fsp3) is 0.500. The minimum Gasteiger partial charge on any atom is -0.465 e. The van der Waals surface area contributed by atoms with Crippen molar-refractivity contribution in [3.63, 3.8) is 0 Å². The van der Waals surface area contributed by atoms with Crippen LogP contribution in [-0.4, -0.2) is 71.6 Å². The molecule has 0 aliphatic rings. The van der Waals surface area contributed by atoms with E-state index in [1.165, 1.54) is 0 Å². The highest BCUT2D eigenvalue weighted by molar-refractivity contribution is 14.1. The third-order valence-electron chi connectivity index (χ3n) is 7.16. The van der Waals surface area contributed by atoms with E-state index in [0.717, 1.165) is 21.3 Å². The number of halogens is 4. The number of carboxylic acid groups (broad SMARTS) is 1. The van der Waals surface area contributed by atoms with Crippen molar-refractivity contribution < 1.29 is 42.9 Å². The van der Waals surface area contributed by atoms with Gasteiger partial charge in [0, 0.05) is 26.6 Å². The Labute approximate surface area is 300 Å². The second-order valence-electron chi connectivity index (χ2n) is 13.3. The number of carbonyl (C=O) groups excluding carboxylic acids is 3. The maximum atomic E-state index is 14.2. The molecular weight excluding hydrogens is 811 g/mol. The first-order valence-electron chi connectivity index (χ1n) is 15.0. The molecule has 4 amide bonds. The van der Waals surface area contributed by atoms with Crippen LogP contribution in [0.4, 0.5) is 18.4 Å². The van der Waals surface area contributed by atoms with Gasteiger partial charge in [-0.1, -0.05) is 69.6 Å². The van der Waals surface area contributed by atoms with E-state index in [2.05, 4.69) is 65.3 Å². The lowest BCUT2D eigenvalue weighted by molar-refractivity contribution is -0.128. The van der Waals surface area contributed by atoms with Gasteiger partial charge < -0.3 is 30.9 Å². The first-order chi connectivity index (χ1) is 22.2. The van der Waals surface area contributed by atoms with Gasteiger partial charge in [-0.05, 0) is 69.7 Å². The number of aliphatic hydroxyl groups excluding tert-OH is 1. The molecule has 266 valence electrons. The van der Waals surface area contributed by atoms with Crippen molar-refractivity contribution in [2.45, 2.75) is 78.6 Å². The predicted octanol–water partition coefficient (Wildman–Crippen LogP) is 4.41. The fourth-order valence-corrected chi connectivity index (χ4v) is 5.33. The summed E-state index contributed by atoms with van der Waals surface area (Å²) in [4.78, 5) is 50.3. The molecular formula is C32H43BrF2IN5O7. The van der Waals surface area contributed by atoms with Crippen LogP contribution in [-0.2, 0) is 27.2 Å². The molecule has 0 radical (unpaired) electrons. The molecule has 0 fully saturated rings. The van der Waals surface area contributed by atoms with Crippen LogP contribution in [0.5, 0.6) is 0 Å². The van der Waals surface area contributed by atoms with Gasteiger partial charge in [0.15, 0.2) is 0 Å². The van der Waals surface area contributed by atoms with Gasteiger partial charge in [-0.2, -0.15) is 0 Å². The van der Waals surface area contributed by atoms with Crippen LogP contribution in [0.2, 0.25) is 0 Å². The van der Waals surface area contributed by atoms with Gasteiger partial charge in [0.2, 0.25) is 5.91 Å². The highest BCUT2D eigenvalue weighted by atomic mass is 127. The Bertz CT molecular complexity index is 1410. The number of benzene rings is 2. The summed E-state index contributed by atoms with van der Waals surface area (Å²) in [6.07, 6.45) is -3.68. The number of hydrogen-bond donors (Lipinski definition) is 7. The number of aliphatic hydroxyl groups is 1. The first-order valence-corrected chi connectivity index (χ1v) is 16.9. The quantitative estimate of drug-likeness (QED) is 0.108. The van der Waals surface area contributed by atoms with Crippen molar-refractivity contribution in [2.24, 2.45) is 10.8 Å². The minimum atomic E-state index is -1.37.